The minimum atomic E-state index is -0.666. The predicted molar refractivity (Wildman–Crippen MR) is 76.6 cm³/mol. The number of benzene rings is 1. The summed E-state index contributed by atoms with van der Waals surface area (Å²) in [5.74, 6) is -0.869. The van der Waals surface area contributed by atoms with Crippen LogP contribution in [0.25, 0.3) is 10.9 Å². The van der Waals surface area contributed by atoms with Crippen LogP contribution in [0.5, 0.6) is 0 Å². The van der Waals surface area contributed by atoms with Crippen LogP contribution in [0, 0.1) is 5.92 Å². The average Bonchev–Trinajstić information content (AvgIpc) is 2.83. The summed E-state index contributed by atoms with van der Waals surface area (Å²) in [7, 11) is 0. The molecular weight excluding hydrogens is 260 g/mol. The van der Waals surface area contributed by atoms with Crippen LogP contribution in [-0.2, 0) is 4.79 Å². The van der Waals surface area contributed by atoms with Crippen molar-refractivity contribution in [2.24, 2.45) is 5.92 Å². The molecule has 0 bridgehead atoms. The van der Waals surface area contributed by atoms with Gasteiger partial charge in [-0.05, 0) is 42.9 Å². The van der Waals surface area contributed by atoms with Gasteiger partial charge in [-0.3, -0.25) is 4.79 Å². The van der Waals surface area contributed by atoms with Crippen molar-refractivity contribution in [3.63, 3.8) is 0 Å². The highest BCUT2D eigenvalue weighted by atomic mass is 32.1. The molecule has 100 valence electrons. The van der Waals surface area contributed by atoms with Gasteiger partial charge in [0.25, 0.3) is 0 Å². The highest BCUT2D eigenvalue weighted by Gasteiger charge is 2.27. The van der Waals surface area contributed by atoms with Gasteiger partial charge >= 0.3 is 5.97 Å². The lowest BCUT2D eigenvalue weighted by atomic mass is 9.86. The summed E-state index contributed by atoms with van der Waals surface area (Å²) >= 11 is 1.46. The molecule has 1 aliphatic carbocycles. The Morgan fingerprint density at radius 1 is 1.37 bits per heavy atom. The number of carboxylic acid groups (broad SMARTS) is 1. The molecule has 2 atom stereocenters. The molecule has 0 amide bonds. The molecule has 5 heteroatoms. The Labute approximate surface area is 115 Å². The van der Waals surface area contributed by atoms with Crippen molar-refractivity contribution in [2.45, 2.75) is 31.7 Å². The number of aliphatic carboxylic acids is 1. The zero-order chi connectivity index (χ0) is 13.2. The molecule has 1 aromatic carbocycles. The molecule has 0 spiro atoms. The second-order valence-electron chi connectivity index (χ2n) is 5.07. The van der Waals surface area contributed by atoms with Crippen LogP contribution in [0.3, 0.4) is 0 Å². The number of rotatable bonds is 3. The summed E-state index contributed by atoms with van der Waals surface area (Å²) in [5, 5.41) is 14.8. The smallest absolute Gasteiger partial charge is 0.306 e. The van der Waals surface area contributed by atoms with Gasteiger partial charge < -0.3 is 10.4 Å². The Bertz CT molecular complexity index is 596. The van der Waals surface area contributed by atoms with Crippen molar-refractivity contribution in [3.8, 4) is 0 Å². The third kappa shape index (κ3) is 2.56. The summed E-state index contributed by atoms with van der Waals surface area (Å²) in [6.45, 7) is 0. The topological polar surface area (TPSA) is 62.2 Å². The van der Waals surface area contributed by atoms with Crippen molar-refractivity contribution in [1.29, 1.82) is 0 Å². The zero-order valence-electron chi connectivity index (χ0n) is 10.5. The Morgan fingerprint density at radius 2 is 2.21 bits per heavy atom. The number of nitrogens with zero attached hydrogens (tertiary/aromatic N) is 1. The van der Waals surface area contributed by atoms with E-state index in [0.29, 0.717) is 6.42 Å². The molecule has 19 heavy (non-hydrogen) atoms. The molecule has 1 aliphatic rings. The number of aromatic nitrogens is 1. The van der Waals surface area contributed by atoms with E-state index in [-0.39, 0.29) is 12.0 Å². The maximum Gasteiger partial charge on any atom is 0.306 e. The molecule has 1 fully saturated rings. The van der Waals surface area contributed by atoms with Gasteiger partial charge in [-0.15, -0.1) is 0 Å². The van der Waals surface area contributed by atoms with E-state index in [1.54, 1.807) is 0 Å². The maximum atomic E-state index is 11.1. The molecule has 2 aromatic rings. The van der Waals surface area contributed by atoms with Crippen LogP contribution in [0.15, 0.2) is 24.3 Å². The molecule has 0 saturated heterocycles. The summed E-state index contributed by atoms with van der Waals surface area (Å²) in [5.41, 5.74) is 1.00. The van der Waals surface area contributed by atoms with E-state index in [0.717, 1.165) is 35.2 Å². The summed E-state index contributed by atoms with van der Waals surface area (Å²) in [6.07, 6.45) is 3.53. The largest absolute Gasteiger partial charge is 0.481 e. The fourth-order valence-electron chi connectivity index (χ4n) is 2.72. The first kappa shape index (κ1) is 12.4. The molecule has 2 unspecified atom stereocenters. The number of carboxylic acids is 1. The van der Waals surface area contributed by atoms with Crippen LogP contribution < -0.4 is 5.32 Å². The predicted octanol–water partition coefficient (Wildman–Crippen LogP) is 3.35. The fourth-order valence-corrected chi connectivity index (χ4v) is 3.56. The first-order chi connectivity index (χ1) is 9.24. The van der Waals surface area contributed by atoms with Gasteiger partial charge in [0.1, 0.15) is 5.00 Å². The summed E-state index contributed by atoms with van der Waals surface area (Å²) < 4.78 is 4.40. The first-order valence-electron chi connectivity index (χ1n) is 6.58. The van der Waals surface area contributed by atoms with Crippen LogP contribution in [-0.4, -0.2) is 21.5 Å². The molecular formula is C14H16N2O2S. The van der Waals surface area contributed by atoms with E-state index >= 15 is 0 Å². The molecule has 0 radical (unpaired) electrons. The number of hydrogen-bond donors (Lipinski definition) is 2. The average molecular weight is 276 g/mol. The molecule has 3 rings (SSSR count). The van der Waals surface area contributed by atoms with Gasteiger partial charge in [-0.1, -0.05) is 18.6 Å². The third-order valence-electron chi connectivity index (χ3n) is 3.74. The molecule has 1 aromatic heterocycles. The van der Waals surface area contributed by atoms with Gasteiger partial charge in [0.05, 0.1) is 11.4 Å². The van der Waals surface area contributed by atoms with Crippen LogP contribution in [0.1, 0.15) is 25.7 Å². The molecule has 2 N–H and O–H groups in total. The Kier molecular flexibility index (Phi) is 3.38. The molecule has 1 heterocycles. The molecule has 4 nitrogen and oxygen atoms in total. The van der Waals surface area contributed by atoms with Crippen LogP contribution in [0.4, 0.5) is 5.00 Å². The second kappa shape index (κ2) is 5.17. The fraction of sp³-hybridized carbons (Fsp3) is 0.429. The maximum absolute atomic E-state index is 11.1. The van der Waals surface area contributed by atoms with Gasteiger partial charge in [0.2, 0.25) is 0 Å². The lowest BCUT2D eigenvalue weighted by Crippen LogP contribution is -2.30. The van der Waals surface area contributed by atoms with Crippen molar-refractivity contribution >= 4 is 33.4 Å². The van der Waals surface area contributed by atoms with Gasteiger partial charge in [0.15, 0.2) is 0 Å². The van der Waals surface area contributed by atoms with Gasteiger partial charge in [0, 0.05) is 11.4 Å². The first-order valence-corrected chi connectivity index (χ1v) is 7.35. The van der Waals surface area contributed by atoms with Crippen LogP contribution in [0.2, 0.25) is 0 Å². The van der Waals surface area contributed by atoms with Crippen LogP contribution >= 0.6 is 11.5 Å². The number of nitrogens with one attached hydrogen (secondary N) is 1. The van der Waals surface area contributed by atoms with Gasteiger partial charge in [-0.2, -0.15) is 4.37 Å². The number of hydrogen-bond acceptors (Lipinski definition) is 4. The standard InChI is InChI=1S/C14H16N2O2S/c17-14(18)9-4-3-5-10(8-9)15-13-11-6-1-2-7-12(11)16-19-13/h1-2,6-7,9-10,15H,3-5,8H2,(H,17,18). The number of anilines is 1. The third-order valence-corrected chi connectivity index (χ3v) is 4.55. The SMILES string of the molecule is O=C(O)C1CCCC(Nc2snc3ccccc23)C1. The van der Waals surface area contributed by atoms with E-state index < -0.39 is 5.97 Å². The summed E-state index contributed by atoms with van der Waals surface area (Å²) in [6, 6.07) is 8.28. The quantitative estimate of drug-likeness (QED) is 0.902. The lowest BCUT2D eigenvalue weighted by molar-refractivity contribution is -0.142. The number of fused-ring (bicyclic) bond motifs is 1. The minimum absolute atomic E-state index is 0.203. The lowest BCUT2D eigenvalue weighted by Gasteiger charge is -2.27. The van der Waals surface area contributed by atoms with E-state index in [9.17, 15) is 4.79 Å². The second-order valence-corrected chi connectivity index (χ2v) is 5.85. The van der Waals surface area contributed by atoms with E-state index in [1.165, 1.54) is 11.5 Å². The normalized spacial score (nSPS) is 23.4. The highest BCUT2D eigenvalue weighted by molar-refractivity contribution is 7.11. The highest BCUT2D eigenvalue weighted by Crippen LogP contribution is 2.32. The Morgan fingerprint density at radius 3 is 3.05 bits per heavy atom. The zero-order valence-corrected chi connectivity index (χ0v) is 11.3. The summed E-state index contributed by atoms with van der Waals surface area (Å²) in [4.78, 5) is 11.1. The Balaban J connectivity index is 1.76. The van der Waals surface area contributed by atoms with Crippen molar-refractivity contribution in [3.05, 3.63) is 24.3 Å². The van der Waals surface area contributed by atoms with Gasteiger partial charge in [-0.25, -0.2) is 0 Å². The van der Waals surface area contributed by atoms with Crippen molar-refractivity contribution in [1.82, 2.24) is 4.37 Å². The van der Waals surface area contributed by atoms with E-state index in [2.05, 4.69) is 15.8 Å². The van der Waals surface area contributed by atoms with E-state index in [4.69, 9.17) is 5.11 Å². The minimum Gasteiger partial charge on any atom is -0.481 e. The Hall–Kier alpha value is -1.62. The number of carbonyl (C=O) groups is 1. The monoisotopic (exact) mass is 276 g/mol. The van der Waals surface area contributed by atoms with Crippen molar-refractivity contribution in [2.75, 3.05) is 5.32 Å². The molecule has 1 saturated carbocycles. The molecule has 0 aliphatic heterocycles. The van der Waals surface area contributed by atoms with E-state index in [1.807, 2.05) is 18.2 Å². The van der Waals surface area contributed by atoms with Crippen molar-refractivity contribution < 1.29 is 9.90 Å².